The lowest BCUT2D eigenvalue weighted by Crippen LogP contribution is -2.40. The van der Waals surface area contributed by atoms with Crippen LogP contribution in [0.2, 0.25) is 0 Å². The largest absolute Gasteiger partial charge is 0.383 e. The van der Waals surface area contributed by atoms with Crippen LogP contribution in [0.5, 0.6) is 0 Å². The molecule has 1 atom stereocenters. The maximum atomic E-state index is 13.1. The van der Waals surface area contributed by atoms with Gasteiger partial charge < -0.3 is 5.11 Å². The fourth-order valence-corrected chi connectivity index (χ4v) is 8.45. The summed E-state index contributed by atoms with van der Waals surface area (Å²) in [5.41, 5.74) is 1.62. The van der Waals surface area contributed by atoms with E-state index in [1.807, 2.05) is 25.1 Å². The van der Waals surface area contributed by atoms with Crippen LogP contribution >= 0.6 is 23.5 Å². The molecule has 2 heterocycles. The Kier molecular flexibility index (Phi) is 4.92. The van der Waals surface area contributed by atoms with Crippen molar-refractivity contribution in [2.75, 3.05) is 11.5 Å². The van der Waals surface area contributed by atoms with Crippen LogP contribution in [-0.2, 0) is 22.0 Å². The van der Waals surface area contributed by atoms with E-state index in [-0.39, 0.29) is 9.48 Å². The van der Waals surface area contributed by atoms with E-state index in [2.05, 4.69) is 0 Å². The van der Waals surface area contributed by atoms with Crippen molar-refractivity contribution in [3.05, 3.63) is 53.3 Å². The normalized spacial score (nSPS) is 24.4. The molecule has 0 amide bonds. The first kappa shape index (κ1) is 18.5. The number of nitrogens with zero attached hydrogens (tertiary/aromatic N) is 1. The molecule has 1 aliphatic carbocycles. The highest BCUT2D eigenvalue weighted by atomic mass is 32.2. The van der Waals surface area contributed by atoms with Crippen molar-refractivity contribution in [3.8, 4) is 0 Å². The Morgan fingerprint density at radius 2 is 1.81 bits per heavy atom. The van der Waals surface area contributed by atoms with Crippen LogP contribution in [0, 0.1) is 6.92 Å². The molecule has 1 aromatic carbocycles. The summed E-state index contributed by atoms with van der Waals surface area (Å²) in [6.45, 7) is 1.94. The molecular weight excluding hydrogens is 386 g/mol. The molecule has 1 aromatic heterocycles. The van der Waals surface area contributed by atoms with E-state index in [0.29, 0.717) is 12.8 Å². The summed E-state index contributed by atoms with van der Waals surface area (Å²) in [6.07, 6.45) is 4.96. The predicted molar refractivity (Wildman–Crippen MR) is 108 cm³/mol. The molecule has 0 radical (unpaired) electrons. The summed E-state index contributed by atoms with van der Waals surface area (Å²) >= 11 is 3.60. The topological polar surface area (TPSA) is 59.3 Å². The number of fused-ring (bicyclic) bond motifs is 1. The highest BCUT2D eigenvalue weighted by molar-refractivity contribution is 8.17. The number of aryl methyl sites for hydroxylation is 1. The van der Waals surface area contributed by atoms with Gasteiger partial charge in [0.25, 0.3) is 10.0 Å². The third-order valence-corrected chi connectivity index (χ3v) is 10.2. The van der Waals surface area contributed by atoms with Crippen LogP contribution in [0.4, 0.5) is 0 Å². The average molecular weight is 410 g/mol. The number of benzene rings is 1. The molecule has 1 unspecified atom stereocenters. The molecule has 1 N–H and O–H groups in total. The van der Waals surface area contributed by atoms with Gasteiger partial charge >= 0.3 is 0 Å². The van der Waals surface area contributed by atoms with Gasteiger partial charge in [0.1, 0.15) is 5.60 Å². The molecule has 2 aromatic rings. The number of thioether (sulfide) groups is 2. The summed E-state index contributed by atoms with van der Waals surface area (Å²) in [5, 5.41) is 11.5. The highest BCUT2D eigenvalue weighted by Gasteiger charge is 2.45. The average Bonchev–Trinajstić information content (AvgIpc) is 3.09. The molecule has 0 spiro atoms. The van der Waals surface area contributed by atoms with E-state index in [1.54, 1.807) is 41.9 Å². The number of aromatic nitrogens is 1. The van der Waals surface area contributed by atoms with Crippen LogP contribution in [0.15, 0.2) is 41.4 Å². The first-order chi connectivity index (χ1) is 12.4. The smallest absolute Gasteiger partial charge is 0.267 e. The highest BCUT2D eigenvalue weighted by Crippen LogP contribution is 2.49. The number of hydrogen-bond acceptors (Lipinski definition) is 5. The zero-order valence-corrected chi connectivity index (χ0v) is 17.2. The van der Waals surface area contributed by atoms with Gasteiger partial charge in [0.15, 0.2) is 0 Å². The van der Waals surface area contributed by atoms with E-state index in [4.69, 9.17) is 0 Å². The first-order valence-corrected chi connectivity index (χ1v) is 12.5. The van der Waals surface area contributed by atoms with E-state index < -0.39 is 15.6 Å². The van der Waals surface area contributed by atoms with Crippen LogP contribution in [-0.4, -0.2) is 33.6 Å². The van der Waals surface area contributed by atoms with Gasteiger partial charge in [0.05, 0.1) is 9.48 Å². The maximum Gasteiger partial charge on any atom is 0.267 e. The Morgan fingerprint density at radius 3 is 2.50 bits per heavy atom. The SMILES string of the molecule is Cc1ccc(S(=O)(=O)n2ccc3c2CCCC3(O)C2SCCCS2)cc1. The minimum absolute atomic E-state index is 0.0771. The quantitative estimate of drug-likeness (QED) is 0.837. The minimum Gasteiger partial charge on any atom is -0.383 e. The molecule has 0 bridgehead atoms. The lowest BCUT2D eigenvalue weighted by molar-refractivity contribution is 0.0357. The first-order valence-electron chi connectivity index (χ1n) is 8.91. The summed E-state index contributed by atoms with van der Waals surface area (Å²) < 4.78 is 27.7. The second kappa shape index (κ2) is 6.93. The lowest BCUT2D eigenvalue weighted by Gasteiger charge is -2.40. The van der Waals surface area contributed by atoms with E-state index in [0.717, 1.165) is 41.2 Å². The molecule has 2 aliphatic rings. The maximum absolute atomic E-state index is 13.1. The summed E-state index contributed by atoms with van der Waals surface area (Å²) in [4.78, 5) is 0.289. The van der Waals surface area contributed by atoms with Crippen molar-refractivity contribution >= 4 is 33.5 Å². The molecule has 140 valence electrons. The number of aliphatic hydroxyl groups is 1. The van der Waals surface area contributed by atoms with Crippen molar-refractivity contribution in [2.45, 2.75) is 47.7 Å². The Hall–Kier alpha value is -0.890. The van der Waals surface area contributed by atoms with Crippen molar-refractivity contribution in [1.82, 2.24) is 3.97 Å². The molecule has 4 nitrogen and oxygen atoms in total. The van der Waals surface area contributed by atoms with Gasteiger partial charge in [-0.1, -0.05) is 17.7 Å². The summed E-state index contributed by atoms with van der Waals surface area (Å²) in [5.74, 6) is 2.11. The summed E-state index contributed by atoms with van der Waals surface area (Å²) in [7, 11) is -3.64. The summed E-state index contributed by atoms with van der Waals surface area (Å²) in [6, 6.07) is 8.75. The zero-order valence-electron chi connectivity index (χ0n) is 14.7. The Balaban J connectivity index is 1.76. The molecular formula is C19H23NO3S3. The molecule has 26 heavy (non-hydrogen) atoms. The van der Waals surface area contributed by atoms with Crippen LogP contribution in [0.25, 0.3) is 0 Å². The molecule has 7 heteroatoms. The standard InChI is InChI=1S/C19H23NO3S3/c1-14-5-7-15(8-6-14)26(22,23)20-11-9-16-17(20)4-2-10-19(16,21)18-24-12-3-13-25-18/h5-9,11,18,21H,2-4,10,12-13H2,1H3. The predicted octanol–water partition coefficient (Wildman–Crippen LogP) is 3.75. The molecule has 0 saturated carbocycles. The van der Waals surface area contributed by atoms with Gasteiger partial charge in [0.2, 0.25) is 0 Å². The second-order valence-corrected chi connectivity index (χ2v) is 11.5. The number of hydrogen-bond donors (Lipinski definition) is 1. The Bertz CT molecular complexity index is 899. The van der Waals surface area contributed by atoms with Gasteiger partial charge in [-0.3, -0.25) is 0 Å². The second-order valence-electron chi connectivity index (χ2n) is 6.99. The van der Waals surface area contributed by atoms with Gasteiger partial charge in [-0.2, -0.15) is 0 Å². The van der Waals surface area contributed by atoms with Crippen LogP contribution in [0.1, 0.15) is 36.1 Å². The third-order valence-electron chi connectivity index (χ3n) is 5.19. The fraction of sp³-hybridized carbons (Fsp3) is 0.474. The number of rotatable bonds is 3. The van der Waals surface area contributed by atoms with Crippen molar-refractivity contribution < 1.29 is 13.5 Å². The Morgan fingerprint density at radius 1 is 1.12 bits per heavy atom. The zero-order chi connectivity index (χ0) is 18.4. The van der Waals surface area contributed by atoms with Gasteiger partial charge in [-0.15, -0.1) is 23.5 Å². The van der Waals surface area contributed by atoms with Crippen molar-refractivity contribution in [2.24, 2.45) is 0 Å². The van der Waals surface area contributed by atoms with Gasteiger partial charge in [0, 0.05) is 17.5 Å². The van der Waals surface area contributed by atoms with Gasteiger partial charge in [-0.25, -0.2) is 12.4 Å². The van der Waals surface area contributed by atoms with E-state index in [1.165, 1.54) is 3.97 Å². The van der Waals surface area contributed by atoms with E-state index >= 15 is 0 Å². The monoisotopic (exact) mass is 409 g/mol. The van der Waals surface area contributed by atoms with Crippen LogP contribution in [0.3, 0.4) is 0 Å². The lowest BCUT2D eigenvalue weighted by atomic mass is 9.84. The third kappa shape index (κ3) is 3.03. The minimum atomic E-state index is -3.64. The van der Waals surface area contributed by atoms with Crippen molar-refractivity contribution in [3.63, 3.8) is 0 Å². The Labute approximate surface area is 163 Å². The van der Waals surface area contributed by atoms with Crippen LogP contribution < -0.4 is 0 Å². The van der Waals surface area contributed by atoms with Crippen molar-refractivity contribution in [1.29, 1.82) is 0 Å². The molecule has 1 saturated heterocycles. The molecule has 4 rings (SSSR count). The molecule has 1 aliphatic heterocycles. The fourth-order valence-electron chi connectivity index (χ4n) is 3.80. The van der Waals surface area contributed by atoms with Gasteiger partial charge in [-0.05, 0) is 62.3 Å². The van der Waals surface area contributed by atoms with E-state index in [9.17, 15) is 13.5 Å². The molecule has 1 fully saturated rings.